The van der Waals surface area contributed by atoms with Gasteiger partial charge in [-0.25, -0.2) is 0 Å². The fourth-order valence-electron chi connectivity index (χ4n) is 2.76. The van der Waals surface area contributed by atoms with Crippen LogP contribution in [0.15, 0.2) is 54.6 Å². The summed E-state index contributed by atoms with van der Waals surface area (Å²) in [5.41, 5.74) is 3.54. The van der Waals surface area contributed by atoms with E-state index >= 15 is 0 Å². The molecule has 138 valence electrons. The van der Waals surface area contributed by atoms with Crippen molar-refractivity contribution in [2.75, 3.05) is 20.2 Å². The van der Waals surface area contributed by atoms with E-state index in [2.05, 4.69) is 53.4 Å². The van der Waals surface area contributed by atoms with Crippen molar-refractivity contribution in [1.29, 1.82) is 0 Å². The minimum Gasteiger partial charge on any atom is -0.469 e. The second-order valence-corrected chi connectivity index (χ2v) is 6.27. The molecule has 0 saturated heterocycles. The lowest BCUT2D eigenvalue weighted by atomic mass is 9.98. The van der Waals surface area contributed by atoms with E-state index in [0.717, 1.165) is 5.56 Å². The third-order valence-corrected chi connectivity index (χ3v) is 4.24. The molecule has 1 atom stereocenters. The van der Waals surface area contributed by atoms with E-state index in [1.54, 1.807) is 0 Å². The van der Waals surface area contributed by atoms with Gasteiger partial charge in [0.1, 0.15) is 6.04 Å². The van der Waals surface area contributed by atoms with E-state index < -0.39 is 0 Å². The molecule has 0 spiro atoms. The van der Waals surface area contributed by atoms with Crippen LogP contribution >= 0.6 is 0 Å². The zero-order valence-corrected chi connectivity index (χ0v) is 15.4. The Balaban J connectivity index is 1.92. The molecule has 5 heteroatoms. The number of carbonyl (C=O) groups excluding carboxylic acids is 2. The Morgan fingerprint density at radius 3 is 2.35 bits per heavy atom. The monoisotopic (exact) mass is 355 g/mol. The molecule has 0 aliphatic rings. The van der Waals surface area contributed by atoms with Crippen LogP contribution in [-0.2, 0) is 14.3 Å². The fourth-order valence-corrected chi connectivity index (χ4v) is 2.76. The number of carbonyl (C=O) groups is 2. The topological polar surface area (TPSA) is 72.0 Å². The summed E-state index contributed by atoms with van der Waals surface area (Å²) in [5.74, 6) is -0.294. The molecule has 0 aliphatic carbocycles. The van der Waals surface area contributed by atoms with Gasteiger partial charge in [0.2, 0.25) is 0 Å². The molecule has 2 rings (SSSR count). The van der Waals surface area contributed by atoms with E-state index in [1.807, 2.05) is 23.5 Å². The van der Waals surface area contributed by atoms with Crippen molar-refractivity contribution in [1.82, 2.24) is 5.32 Å². The van der Waals surface area contributed by atoms with E-state index in [-0.39, 0.29) is 17.9 Å². The first-order valence-electron chi connectivity index (χ1n) is 8.88. The maximum Gasteiger partial charge on any atom is 0.305 e. The second kappa shape index (κ2) is 10.4. The summed E-state index contributed by atoms with van der Waals surface area (Å²) < 4.78 is 4.58. The van der Waals surface area contributed by atoms with Crippen LogP contribution < -0.4 is 10.6 Å². The number of amides is 1. The molecule has 0 radical (unpaired) electrons. The lowest BCUT2D eigenvalue weighted by molar-refractivity contribution is -0.676. The zero-order valence-electron chi connectivity index (χ0n) is 15.4. The summed E-state index contributed by atoms with van der Waals surface area (Å²) in [6, 6.07) is 18.6. The third kappa shape index (κ3) is 6.33. The Morgan fingerprint density at radius 2 is 1.69 bits per heavy atom. The molecule has 0 heterocycles. The minimum atomic E-state index is -0.255. The van der Waals surface area contributed by atoms with E-state index in [1.165, 1.54) is 18.2 Å². The van der Waals surface area contributed by atoms with Gasteiger partial charge in [0, 0.05) is 24.1 Å². The van der Waals surface area contributed by atoms with Gasteiger partial charge in [-0.05, 0) is 13.3 Å². The first-order chi connectivity index (χ1) is 12.6. The summed E-state index contributed by atoms with van der Waals surface area (Å²) >= 11 is 0. The van der Waals surface area contributed by atoms with Crippen LogP contribution in [-0.4, -0.2) is 32.1 Å². The average Bonchev–Trinajstić information content (AvgIpc) is 2.67. The van der Waals surface area contributed by atoms with E-state index in [4.69, 9.17) is 0 Å². The Labute approximate surface area is 154 Å². The van der Waals surface area contributed by atoms with Crippen LogP contribution in [0.4, 0.5) is 0 Å². The van der Waals surface area contributed by atoms with Crippen LogP contribution in [0, 0.1) is 6.92 Å². The molecule has 0 fully saturated rings. The molecule has 2 aromatic carbocycles. The fraction of sp³-hybridized carbons (Fsp3) is 0.333. The Bertz CT molecular complexity index is 699. The molecule has 2 aromatic rings. The minimum absolute atomic E-state index is 0.0390. The number of hydrogen-bond donors (Lipinski definition) is 2. The van der Waals surface area contributed by atoms with Crippen LogP contribution in [0.2, 0.25) is 0 Å². The van der Waals surface area contributed by atoms with Crippen molar-refractivity contribution < 1.29 is 19.6 Å². The molecular weight excluding hydrogens is 328 g/mol. The second-order valence-electron chi connectivity index (χ2n) is 6.27. The number of ether oxygens (including phenoxy) is 1. The van der Waals surface area contributed by atoms with Gasteiger partial charge in [-0.15, -0.1) is 0 Å². The standard InChI is InChI=1S/C21H26N2O3/c1-16-10-12-18(13-11-16)21(17-7-4-3-5-8-17)23-15-19(24)22-14-6-9-20(25)26-2/h3-5,7-8,10-13,21,23H,6,9,14-15H2,1-2H3,(H,22,24)/p+1/t21-/m1/s1. The van der Waals surface area contributed by atoms with Crippen molar-refractivity contribution in [3.8, 4) is 0 Å². The first-order valence-corrected chi connectivity index (χ1v) is 8.88. The van der Waals surface area contributed by atoms with Crippen molar-refractivity contribution in [2.45, 2.75) is 25.8 Å². The van der Waals surface area contributed by atoms with Crippen molar-refractivity contribution in [3.63, 3.8) is 0 Å². The molecule has 0 aliphatic heterocycles. The van der Waals surface area contributed by atoms with E-state index in [9.17, 15) is 9.59 Å². The van der Waals surface area contributed by atoms with Gasteiger partial charge in [0.25, 0.3) is 5.91 Å². The van der Waals surface area contributed by atoms with Crippen molar-refractivity contribution >= 4 is 11.9 Å². The summed E-state index contributed by atoms with van der Waals surface area (Å²) in [4.78, 5) is 23.2. The lowest BCUT2D eigenvalue weighted by Gasteiger charge is -2.17. The lowest BCUT2D eigenvalue weighted by Crippen LogP contribution is -2.87. The van der Waals surface area contributed by atoms with Gasteiger partial charge in [0.05, 0.1) is 7.11 Å². The number of esters is 1. The molecule has 5 nitrogen and oxygen atoms in total. The number of rotatable bonds is 9. The summed E-state index contributed by atoms with van der Waals surface area (Å²) in [7, 11) is 1.37. The first kappa shape index (κ1) is 19.7. The summed E-state index contributed by atoms with van der Waals surface area (Å²) in [6.07, 6.45) is 0.898. The highest BCUT2D eigenvalue weighted by Gasteiger charge is 2.18. The largest absolute Gasteiger partial charge is 0.469 e. The molecule has 0 unspecified atom stereocenters. The molecule has 0 bridgehead atoms. The molecular formula is C21H27N2O3+. The number of quaternary nitrogens is 1. The Hall–Kier alpha value is -2.66. The Kier molecular flexibility index (Phi) is 7.83. The maximum atomic E-state index is 12.1. The van der Waals surface area contributed by atoms with Crippen LogP contribution in [0.5, 0.6) is 0 Å². The van der Waals surface area contributed by atoms with Gasteiger partial charge in [-0.1, -0.05) is 60.2 Å². The van der Waals surface area contributed by atoms with Crippen LogP contribution in [0.1, 0.15) is 35.6 Å². The number of nitrogens with one attached hydrogen (secondary N) is 1. The normalized spacial score (nSPS) is 11.6. The summed E-state index contributed by atoms with van der Waals surface area (Å²) in [6.45, 7) is 2.86. The van der Waals surface area contributed by atoms with Gasteiger partial charge >= 0.3 is 5.97 Å². The highest BCUT2D eigenvalue weighted by Crippen LogP contribution is 2.18. The van der Waals surface area contributed by atoms with Gasteiger partial charge in [-0.2, -0.15) is 0 Å². The molecule has 1 amide bonds. The smallest absolute Gasteiger partial charge is 0.305 e. The Morgan fingerprint density at radius 1 is 1.04 bits per heavy atom. The number of nitrogens with two attached hydrogens (primary N) is 1. The van der Waals surface area contributed by atoms with Crippen LogP contribution in [0.3, 0.4) is 0 Å². The number of aryl methyl sites for hydroxylation is 1. The number of hydrogen-bond acceptors (Lipinski definition) is 3. The number of methoxy groups -OCH3 is 1. The highest BCUT2D eigenvalue weighted by molar-refractivity contribution is 5.76. The maximum absolute atomic E-state index is 12.1. The van der Waals surface area contributed by atoms with Gasteiger partial charge < -0.3 is 15.4 Å². The molecule has 26 heavy (non-hydrogen) atoms. The van der Waals surface area contributed by atoms with Crippen molar-refractivity contribution in [3.05, 3.63) is 71.3 Å². The van der Waals surface area contributed by atoms with Crippen LogP contribution in [0.25, 0.3) is 0 Å². The predicted molar refractivity (Wildman–Crippen MR) is 101 cm³/mol. The van der Waals surface area contributed by atoms with Crippen molar-refractivity contribution in [2.24, 2.45) is 0 Å². The predicted octanol–water partition coefficient (Wildman–Crippen LogP) is 1.72. The SMILES string of the molecule is COC(=O)CCCNC(=O)C[NH2+][C@H](c1ccccc1)c1ccc(C)cc1. The van der Waals surface area contributed by atoms with E-state index in [0.29, 0.717) is 25.9 Å². The molecule has 3 N–H and O–H groups in total. The van der Waals surface area contributed by atoms with Gasteiger partial charge in [0.15, 0.2) is 6.54 Å². The summed E-state index contributed by atoms with van der Waals surface area (Å²) in [5, 5.41) is 4.89. The zero-order chi connectivity index (χ0) is 18.8. The number of benzene rings is 2. The highest BCUT2D eigenvalue weighted by atomic mass is 16.5. The quantitative estimate of drug-likeness (QED) is 0.531. The molecule has 0 saturated carbocycles. The molecule has 0 aromatic heterocycles. The average molecular weight is 355 g/mol. The third-order valence-electron chi connectivity index (χ3n) is 4.24. The van der Waals surface area contributed by atoms with Gasteiger partial charge in [-0.3, -0.25) is 9.59 Å².